The lowest BCUT2D eigenvalue weighted by molar-refractivity contribution is -0.969. The van der Waals surface area contributed by atoms with Gasteiger partial charge in [0.05, 0.1) is 0 Å². The van der Waals surface area contributed by atoms with Gasteiger partial charge in [-0.05, 0) is 12.1 Å². The molecule has 0 fully saturated rings. The van der Waals surface area contributed by atoms with Gasteiger partial charge in [-0.15, -0.1) is 0 Å². The van der Waals surface area contributed by atoms with E-state index in [1.807, 2.05) is 0 Å². The van der Waals surface area contributed by atoms with Crippen LogP contribution in [0.3, 0.4) is 0 Å². The third kappa shape index (κ3) is 5.35. The van der Waals surface area contributed by atoms with Gasteiger partial charge in [0.15, 0.2) is 0 Å². The zero-order valence-electron chi connectivity index (χ0n) is 7.08. The number of aromatic hydroxyl groups is 1. The van der Waals surface area contributed by atoms with Crippen molar-refractivity contribution >= 4 is 5.84 Å². The van der Waals surface area contributed by atoms with Gasteiger partial charge in [0.2, 0.25) is 0 Å². The zero-order valence-corrected chi connectivity index (χ0v) is 7.08. The number of hydrogen-bond donors (Lipinski definition) is 5. The highest BCUT2D eigenvalue weighted by Gasteiger charge is 1.94. The molecule has 7 nitrogen and oxygen atoms in total. The Bertz CT molecular complexity index is 335. The largest absolute Gasteiger partial charge is 0.508 e. The van der Waals surface area contributed by atoms with E-state index in [-0.39, 0.29) is 11.6 Å². The molecule has 76 valence electrons. The van der Waals surface area contributed by atoms with Gasteiger partial charge < -0.3 is 10.8 Å². The van der Waals surface area contributed by atoms with E-state index in [2.05, 4.69) is 0 Å². The first kappa shape index (κ1) is 11.7. The maximum Gasteiger partial charge on any atom is 0.472 e. The van der Waals surface area contributed by atoms with Crippen LogP contribution in [0.2, 0.25) is 0 Å². The van der Waals surface area contributed by atoms with Crippen LogP contribution in [0.25, 0.3) is 0 Å². The average molecular weight is 200 g/mol. The number of benzene rings is 1. The Labute approximate surface area is 79.0 Å². The number of nitrogens with two attached hydrogens (primary N) is 1. The molecule has 0 unspecified atom stereocenters. The van der Waals surface area contributed by atoms with Crippen LogP contribution in [0.15, 0.2) is 24.3 Å². The number of nitrogens with zero attached hydrogens (tertiary/aromatic N) is 1. The molecular formula is C7H10N3O4+. The molecule has 0 aliphatic carbocycles. The molecule has 0 aromatic heterocycles. The predicted octanol–water partition coefficient (Wildman–Crippen LogP) is 0.220. The Morgan fingerprint density at radius 3 is 2.21 bits per heavy atom. The number of hydrogen-bond acceptors (Lipinski definition) is 3. The van der Waals surface area contributed by atoms with Gasteiger partial charge in [-0.2, -0.15) is 0 Å². The van der Waals surface area contributed by atoms with E-state index in [9.17, 15) is 0 Å². The molecule has 14 heavy (non-hydrogen) atoms. The molecule has 0 heterocycles. The number of amidine groups is 1. The van der Waals surface area contributed by atoms with Crippen molar-refractivity contribution in [3.8, 4) is 5.75 Å². The summed E-state index contributed by atoms with van der Waals surface area (Å²) in [6.45, 7) is 0. The Morgan fingerprint density at radius 1 is 1.43 bits per heavy atom. The molecular weight excluding hydrogens is 190 g/mol. The summed E-state index contributed by atoms with van der Waals surface area (Å²) in [6, 6.07) is 6.29. The lowest BCUT2D eigenvalue weighted by atomic mass is 10.2. The van der Waals surface area contributed by atoms with Gasteiger partial charge in [0, 0.05) is 5.56 Å². The third-order valence-electron chi connectivity index (χ3n) is 1.16. The van der Waals surface area contributed by atoms with E-state index in [0.29, 0.717) is 5.56 Å². The Balaban J connectivity index is 0.000000364. The molecule has 6 N–H and O–H groups in total. The maximum absolute atomic E-state index is 8.91. The molecule has 0 bridgehead atoms. The van der Waals surface area contributed by atoms with Crippen molar-refractivity contribution < 1.29 is 20.6 Å². The Hall–Kier alpha value is -2.31. The average Bonchev–Trinajstić information content (AvgIpc) is 2.03. The van der Waals surface area contributed by atoms with Crippen LogP contribution in [0.1, 0.15) is 5.56 Å². The fourth-order valence-electron chi connectivity index (χ4n) is 0.673. The first-order valence-corrected chi connectivity index (χ1v) is 3.42. The molecule has 1 rings (SSSR count). The van der Waals surface area contributed by atoms with Crippen LogP contribution in [0, 0.1) is 10.3 Å². The van der Waals surface area contributed by atoms with Crippen LogP contribution in [0.4, 0.5) is 0 Å². The minimum absolute atomic E-state index is 0.0316. The minimum atomic E-state index is -1.25. The highest BCUT2D eigenvalue weighted by atomic mass is 16.9. The Kier molecular flexibility index (Phi) is 4.47. The molecule has 1 aromatic rings. The standard InChI is InChI=1S/C7H8N2O.H2NO3/c8-7(9)5-2-1-3-6(10)4-5;2-1(3)4/h1-4,10H,(H3,8,9);(H2,2,3,4)/q;+1. The second-order valence-electron chi connectivity index (χ2n) is 2.22. The number of rotatable bonds is 1. The SMILES string of the molecule is N=C(N)c1cccc(O)c1.O=[N+](O)O. The summed E-state index contributed by atoms with van der Waals surface area (Å²) in [5.74, 6) is 0.101. The van der Waals surface area contributed by atoms with Gasteiger partial charge >= 0.3 is 5.09 Å². The van der Waals surface area contributed by atoms with Crippen LogP contribution in [-0.4, -0.2) is 26.4 Å². The quantitative estimate of drug-likeness (QED) is 0.251. The molecule has 0 radical (unpaired) electrons. The van der Waals surface area contributed by atoms with Gasteiger partial charge in [-0.25, -0.2) is 10.4 Å². The number of nitrogens with one attached hydrogen (secondary N) is 1. The second-order valence-corrected chi connectivity index (χ2v) is 2.22. The zero-order chi connectivity index (χ0) is 11.1. The summed E-state index contributed by atoms with van der Waals surface area (Å²) < 4.78 is 0. The van der Waals surface area contributed by atoms with E-state index in [1.165, 1.54) is 12.1 Å². The van der Waals surface area contributed by atoms with Gasteiger partial charge in [0.1, 0.15) is 16.5 Å². The fourth-order valence-corrected chi connectivity index (χ4v) is 0.673. The topological polar surface area (TPSA) is 131 Å². The Morgan fingerprint density at radius 2 is 1.93 bits per heavy atom. The van der Waals surface area contributed by atoms with Crippen molar-refractivity contribution in [2.24, 2.45) is 5.73 Å². The van der Waals surface area contributed by atoms with Crippen molar-refractivity contribution in [3.05, 3.63) is 34.7 Å². The van der Waals surface area contributed by atoms with Crippen LogP contribution < -0.4 is 5.73 Å². The van der Waals surface area contributed by atoms with Crippen molar-refractivity contribution in [2.75, 3.05) is 0 Å². The van der Waals surface area contributed by atoms with Crippen molar-refractivity contribution in [1.29, 1.82) is 5.41 Å². The molecule has 0 saturated heterocycles. The van der Waals surface area contributed by atoms with E-state index in [1.54, 1.807) is 12.1 Å². The number of nitrogen functional groups attached to an aromatic ring is 1. The van der Waals surface area contributed by atoms with E-state index >= 15 is 0 Å². The lowest BCUT2D eigenvalue weighted by Crippen LogP contribution is -2.10. The minimum Gasteiger partial charge on any atom is -0.508 e. The molecule has 0 spiro atoms. The highest BCUT2D eigenvalue weighted by Crippen LogP contribution is 2.09. The van der Waals surface area contributed by atoms with Gasteiger partial charge in [-0.1, -0.05) is 12.1 Å². The van der Waals surface area contributed by atoms with E-state index in [4.69, 9.17) is 31.6 Å². The summed E-state index contributed by atoms with van der Waals surface area (Å²) in [6.07, 6.45) is 0. The summed E-state index contributed by atoms with van der Waals surface area (Å²) >= 11 is 0. The van der Waals surface area contributed by atoms with E-state index < -0.39 is 5.09 Å². The predicted molar refractivity (Wildman–Crippen MR) is 46.3 cm³/mol. The molecule has 0 atom stereocenters. The maximum atomic E-state index is 8.91. The highest BCUT2D eigenvalue weighted by molar-refractivity contribution is 5.95. The third-order valence-corrected chi connectivity index (χ3v) is 1.16. The van der Waals surface area contributed by atoms with E-state index in [0.717, 1.165) is 0 Å². The van der Waals surface area contributed by atoms with Gasteiger partial charge in [-0.3, -0.25) is 5.41 Å². The smallest absolute Gasteiger partial charge is 0.472 e. The molecule has 7 heteroatoms. The summed E-state index contributed by atoms with van der Waals surface area (Å²) in [4.78, 5) is 8.47. The van der Waals surface area contributed by atoms with Crippen molar-refractivity contribution in [1.82, 2.24) is 0 Å². The summed E-state index contributed by atoms with van der Waals surface area (Å²) in [5.41, 5.74) is 5.70. The van der Waals surface area contributed by atoms with Crippen LogP contribution in [-0.2, 0) is 0 Å². The molecule has 0 amide bonds. The number of phenolic OH excluding ortho intramolecular Hbond substituents is 1. The molecule has 0 aliphatic heterocycles. The monoisotopic (exact) mass is 200 g/mol. The van der Waals surface area contributed by atoms with Crippen LogP contribution >= 0.6 is 0 Å². The first-order chi connectivity index (χ1) is 6.43. The lowest BCUT2D eigenvalue weighted by Gasteiger charge is -1.96. The van der Waals surface area contributed by atoms with Crippen molar-refractivity contribution in [2.45, 2.75) is 0 Å². The molecule has 0 saturated carbocycles. The van der Waals surface area contributed by atoms with Gasteiger partial charge in [0.25, 0.3) is 0 Å². The molecule has 1 aromatic carbocycles. The summed E-state index contributed by atoms with van der Waals surface area (Å²) in [5, 5.41) is 28.4. The summed E-state index contributed by atoms with van der Waals surface area (Å²) in [7, 11) is 0. The fraction of sp³-hybridized carbons (Fsp3) is 0. The van der Waals surface area contributed by atoms with Crippen LogP contribution in [0.5, 0.6) is 5.75 Å². The first-order valence-electron chi connectivity index (χ1n) is 3.42. The second kappa shape index (κ2) is 5.36. The normalized spacial score (nSPS) is 8.29. The number of phenols is 1. The van der Waals surface area contributed by atoms with Crippen molar-refractivity contribution in [3.63, 3.8) is 0 Å². The molecule has 0 aliphatic rings.